The zero-order valence-corrected chi connectivity index (χ0v) is 6.16. The number of halogens is 2. The van der Waals surface area contributed by atoms with Crippen molar-refractivity contribution in [2.24, 2.45) is 0 Å². The molecule has 0 N–H and O–H groups in total. The molecule has 56 valence electrons. The molecule has 9 heavy (non-hydrogen) atoms. The zero-order chi connectivity index (χ0) is 8.08. The van der Waals surface area contributed by atoms with Crippen molar-refractivity contribution in [1.82, 2.24) is 0 Å². The summed E-state index contributed by atoms with van der Waals surface area (Å²) in [5.41, 5.74) is 0. The molecule has 0 heterocycles. The highest BCUT2D eigenvalue weighted by atomic mass is 19.3. The molecule has 0 atom stereocenters. The molecule has 0 rings (SSSR count). The van der Waals surface area contributed by atoms with E-state index < -0.39 is 5.92 Å². The number of hydrogen-bond acceptors (Lipinski definition) is 1. The Balaban J connectivity index is 0. The van der Waals surface area contributed by atoms with E-state index in [-0.39, 0.29) is 5.78 Å². The average molecular weight is 138 g/mol. The van der Waals surface area contributed by atoms with Crippen LogP contribution in [0.3, 0.4) is 0 Å². The highest BCUT2D eigenvalue weighted by Crippen LogP contribution is 2.06. The number of hydrogen-bond donors (Lipinski definition) is 0. The maximum absolute atomic E-state index is 11.0. The Bertz CT molecular complexity index is 73.5. The number of ketones is 1. The molecule has 0 spiro atoms. The number of alkyl halides is 2. The van der Waals surface area contributed by atoms with Gasteiger partial charge in [0.05, 0.1) is 0 Å². The van der Waals surface area contributed by atoms with Crippen LogP contribution in [-0.4, -0.2) is 11.7 Å². The summed E-state index contributed by atoms with van der Waals surface area (Å²) in [6.07, 6.45) is 0. The van der Waals surface area contributed by atoms with Gasteiger partial charge in [0.15, 0.2) is 0 Å². The molecule has 0 aliphatic rings. The molecule has 0 radical (unpaired) electrons. The van der Waals surface area contributed by atoms with Crippen LogP contribution >= 0.6 is 0 Å². The Morgan fingerprint density at radius 3 is 1.22 bits per heavy atom. The highest BCUT2D eigenvalue weighted by Gasteiger charge is 2.08. The smallest absolute Gasteiger partial charge is 0.242 e. The number of rotatable bonds is 0. The summed E-state index contributed by atoms with van der Waals surface area (Å²) < 4.78 is 22.0. The summed E-state index contributed by atoms with van der Waals surface area (Å²) in [5.74, 6) is -2.33. The van der Waals surface area contributed by atoms with Crippen LogP contribution < -0.4 is 0 Å². The molecule has 3 heteroatoms. The largest absolute Gasteiger partial charge is 0.300 e. The van der Waals surface area contributed by atoms with Crippen molar-refractivity contribution in [1.29, 1.82) is 0 Å². The lowest BCUT2D eigenvalue weighted by molar-refractivity contribution is -0.114. The maximum atomic E-state index is 11.0. The van der Waals surface area contributed by atoms with Gasteiger partial charge in [-0.05, 0) is 27.7 Å². The van der Waals surface area contributed by atoms with E-state index in [9.17, 15) is 13.6 Å². The van der Waals surface area contributed by atoms with E-state index in [4.69, 9.17) is 0 Å². The van der Waals surface area contributed by atoms with Crippen LogP contribution in [-0.2, 0) is 4.79 Å². The Morgan fingerprint density at radius 1 is 1.22 bits per heavy atom. The molecular weight excluding hydrogens is 126 g/mol. The Labute approximate surface area is 54.1 Å². The summed E-state index contributed by atoms with van der Waals surface area (Å²) in [4.78, 5) is 9.44. The zero-order valence-electron chi connectivity index (χ0n) is 6.16. The third kappa shape index (κ3) is 1040. The monoisotopic (exact) mass is 138 g/mol. The third-order valence-electron chi connectivity index (χ3n) is 0. The quantitative estimate of drug-likeness (QED) is 0.501. The summed E-state index contributed by atoms with van der Waals surface area (Å²) >= 11 is 0. The van der Waals surface area contributed by atoms with E-state index in [0.717, 1.165) is 13.8 Å². The molecule has 1 nitrogen and oxygen atoms in total. The van der Waals surface area contributed by atoms with Gasteiger partial charge in [-0.2, -0.15) is 0 Å². The van der Waals surface area contributed by atoms with E-state index >= 15 is 0 Å². The summed E-state index contributed by atoms with van der Waals surface area (Å²) in [5, 5.41) is 0. The van der Waals surface area contributed by atoms with E-state index in [1.807, 2.05) is 0 Å². The van der Waals surface area contributed by atoms with Crippen LogP contribution in [0.4, 0.5) is 8.78 Å². The SMILES string of the molecule is CC(C)(F)F.CC(C)=O. The van der Waals surface area contributed by atoms with Crippen molar-refractivity contribution in [2.45, 2.75) is 33.6 Å². The van der Waals surface area contributed by atoms with Gasteiger partial charge in [-0.25, -0.2) is 8.78 Å². The second-order valence-corrected chi connectivity index (χ2v) is 2.24. The fraction of sp³-hybridized carbons (Fsp3) is 0.833. The molecule has 0 aromatic carbocycles. The minimum absolute atomic E-state index is 0.167. The molecule has 0 saturated heterocycles. The normalized spacial score (nSPS) is 9.56. The molecule has 0 unspecified atom stereocenters. The van der Waals surface area contributed by atoms with E-state index in [1.54, 1.807) is 0 Å². The van der Waals surface area contributed by atoms with Gasteiger partial charge in [0.25, 0.3) is 0 Å². The second kappa shape index (κ2) is 4.41. The Kier molecular flexibility index (Phi) is 5.56. The highest BCUT2D eigenvalue weighted by molar-refractivity contribution is 5.72. The van der Waals surface area contributed by atoms with Gasteiger partial charge in [0.2, 0.25) is 5.92 Å². The van der Waals surface area contributed by atoms with Crippen molar-refractivity contribution < 1.29 is 13.6 Å². The standard InChI is InChI=1S/C3H6F2.C3H6O/c1-3(2,4)5;1-3(2)4/h1-2H3;1-2H3. The summed E-state index contributed by atoms with van der Waals surface area (Å²) in [6, 6.07) is 0. The third-order valence-corrected chi connectivity index (χ3v) is 0. The molecule has 0 aromatic heterocycles. The van der Waals surface area contributed by atoms with E-state index in [0.29, 0.717) is 0 Å². The predicted molar refractivity (Wildman–Crippen MR) is 32.6 cm³/mol. The average Bonchev–Trinajstić information content (AvgIpc) is 1.19. The number of carbonyl (C=O) groups excluding carboxylic acids is 1. The van der Waals surface area contributed by atoms with Crippen LogP contribution in [0.25, 0.3) is 0 Å². The molecule has 0 amide bonds. The topological polar surface area (TPSA) is 17.1 Å². The Hall–Kier alpha value is -0.470. The molecule has 0 aromatic rings. The molecule has 0 bridgehead atoms. The predicted octanol–water partition coefficient (Wildman–Crippen LogP) is 2.26. The lowest BCUT2D eigenvalue weighted by Gasteiger charge is -1.94. The fourth-order valence-electron chi connectivity index (χ4n) is 0. The minimum atomic E-state index is -2.50. The van der Waals surface area contributed by atoms with Gasteiger partial charge >= 0.3 is 0 Å². The maximum Gasteiger partial charge on any atom is 0.242 e. The molecule has 0 aliphatic carbocycles. The van der Waals surface area contributed by atoms with E-state index in [2.05, 4.69) is 0 Å². The number of Topliss-reactive ketones (excluding diaryl/α,β-unsaturated/α-hetero) is 1. The first-order chi connectivity index (χ1) is 3.73. The van der Waals surface area contributed by atoms with Crippen LogP contribution in [0.15, 0.2) is 0 Å². The van der Waals surface area contributed by atoms with Crippen LogP contribution in [0, 0.1) is 0 Å². The first-order valence-electron chi connectivity index (χ1n) is 2.58. The van der Waals surface area contributed by atoms with Crippen molar-refractivity contribution >= 4 is 5.78 Å². The molecular formula is C6H12F2O. The fourth-order valence-corrected chi connectivity index (χ4v) is 0. The van der Waals surface area contributed by atoms with Crippen molar-refractivity contribution in [3.63, 3.8) is 0 Å². The number of carbonyl (C=O) groups is 1. The second-order valence-electron chi connectivity index (χ2n) is 2.24. The molecule has 0 aliphatic heterocycles. The summed E-state index contributed by atoms with van der Waals surface area (Å²) in [6.45, 7) is 4.76. The van der Waals surface area contributed by atoms with Gasteiger partial charge in [0, 0.05) is 0 Å². The lowest BCUT2D eigenvalue weighted by atomic mass is 10.5. The van der Waals surface area contributed by atoms with Gasteiger partial charge in [-0.3, -0.25) is 0 Å². The first kappa shape index (κ1) is 11.3. The van der Waals surface area contributed by atoms with Crippen molar-refractivity contribution in [3.8, 4) is 0 Å². The van der Waals surface area contributed by atoms with Gasteiger partial charge in [-0.15, -0.1) is 0 Å². The summed E-state index contributed by atoms with van der Waals surface area (Å²) in [7, 11) is 0. The van der Waals surface area contributed by atoms with E-state index in [1.165, 1.54) is 13.8 Å². The van der Waals surface area contributed by atoms with Crippen LogP contribution in [0.2, 0.25) is 0 Å². The lowest BCUT2D eigenvalue weighted by Crippen LogP contribution is -1.98. The van der Waals surface area contributed by atoms with Gasteiger partial charge < -0.3 is 4.79 Å². The van der Waals surface area contributed by atoms with Crippen molar-refractivity contribution in [2.75, 3.05) is 0 Å². The Morgan fingerprint density at radius 2 is 1.22 bits per heavy atom. The van der Waals surface area contributed by atoms with Crippen molar-refractivity contribution in [3.05, 3.63) is 0 Å². The molecule has 0 fully saturated rings. The van der Waals surface area contributed by atoms with Gasteiger partial charge in [-0.1, -0.05) is 0 Å². The molecule has 0 saturated carbocycles. The van der Waals surface area contributed by atoms with Crippen LogP contribution in [0.5, 0.6) is 0 Å². The minimum Gasteiger partial charge on any atom is -0.300 e. The van der Waals surface area contributed by atoms with Gasteiger partial charge in [0.1, 0.15) is 5.78 Å². The first-order valence-corrected chi connectivity index (χ1v) is 2.58. The van der Waals surface area contributed by atoms with Crippen LogP contribution in [0.1, 0.15) is 27.7 Å².